The Kier molecular flexibility index (Phi) is 4.66. The third kappa shape index (κ3) is 4.10. The number of nitrogens with one attached hydrogen (secondary N) is 1. The van der Waals surface area contributed by atoms with Gasteiger partial charge in [0.2, 0.25) is 5.89 Å². The Hall–Kier alpha value is -2.26. The molecule has 0 spiro atoms. The van der Waals surface area contributed by atoms with Crippen molar-refractivity contribution in [3.05, 3.63) is 39.9 Å². The van der Waals surface area contributed by atoms with Gasteiger partial charge in [-0.15, -0.1) is 0 Å². The predicted molar refractivity (Wildman–Crippen MR) is 72.6 cm³/mol. The minimum absolute atomic E-state index is 0.0964. The SMILES string of the molecule is Cc1nc(CNCC(O)Cn2cc([N+](=O)[O-])cn2)oc1C. The van der Waals surface area contributed by atoms with E-state index in [0.717, 1.165) is 17.7 Å². The summed E-state index contributed by atoms with van der Waals surface area (Å²) in [4.78, 5) is 14.2. The highest BCUT2D eigenvalue weighted by Gasteiger charge is 2.12. The van der Waals surface area contributed by atoms with Crippen LogP contribution in [0.1, 0.15) is 17.3 Å². The molecule has 0 saturated heterocycles. The van der Waals surface area contributed by atoms with E-state index in [9.17, 15) is 15.2 Å². The van der Waals surface area contributed by atoms with E-state index in [-0.39, 0.29) is 12.2 Å². The van der Waals surface area contributed by atoms with Gasteiger partial charge in [-0.1, -0.05) is 0 Å². The van der Waals surface area contributed by atoms with Crippen molar-refractivity contribution in [2.45, 2.75) is 33.0 Å². The molecule has 0 amide bonds. The summed E-state index contributed by atoms with van der Waals surface area (Å²) in [6.45, 7) is 4.58. The van der Waals surface area contributed by atoms with Gasteiger partial charge in [-0.25, -0.2) is 4.98 Å². The van der Waals surface area contributed by atoms with Crippen LogP contribution < -0.4 is 5.32 Å². The zero-order chi connectivity index (χ0) is 15.4. The molecule has 0 aliphatic carbocycles. The Morgan fingerprint density at radius 1 is 1.57 bits per heavy atom. The average molecular weight is 295 g/mol. The second kappa shape index (κ2) is 6.46. The van der Waals surface area contributed by atoms with Crippen molar-refractivity contribution in [2.75, 3.05) is 6.54 Å². The predicted octanol–water partition coefficient (Wildman–Crippen LogP) is 0.547. The lowest BCUT2D eigenvalue weighted by Gasteiger charge is -2.10. The molecule has 9 nitrogen and oxygen atoms in total. The fourth-order valence-electron chi connectivity index (χ4n) is 1.79. The van der Waals surface area contributed by atoms with Crippen LogP contribution in [0.4, 0.5) is 5.69 Å². The summed E-state index contributed by atoms with van der Waals surface area (Å²) in [7, 11) is 0. The molecule has 0 radical (unpaired) electrons. The summed E-state index contributed by atoms with van der Waals surface area (Å²) in [5.74, 6) is 1.34. The zero-order valence-corrected chi connectivity index (χ0v) is 11.8. The molecule has 1 unspecified atom stereocenters. The first kappa shape index (κ1) is 15.1. The number of nitro groups is 1. The molecule has 2 rings (SSSR count). The summed E-state index contributed by atoms with van der Waals surface area (Å²) in [6.07, 6.45) is 1.71. The van der Waals surface area contributed by atoms with Crippen LogP contribution in [0.2, 0.25) is 0 Å². The van der Waals surface area contributed by atoms with E-state index < -0.39 is 11.0 Å². The van der Waals surface area contributed by atoms with E-state index in [1.165, 1.54) is 10.9 Å². The monoisotopic (exact) mass is 295 g/mol. The number of aliphatic hydroxyl groups is 1. The Morgan fingerprint density at radius 3 is 2.90 bits per heavy atom. The van der Waals surface area contributed by atoms with Gasteiger partial charge in [-0.3, -0.25) is 14.8 Å². The summed E-state index contributed by atoms with van der Waals surface area (Å²) in [5, 5.41) is 27.2. The highest BCUT2D eigenvalue weighted by Crippen LogP contribution is 2.09. The maximum Gasteiger partial charge on any atom is 0.306 e. The second-order valence-corrected chi connectivity index (χ2v) is 4.71. The van der Waals surface area contributed by atoms with Crippen LogP contribution in [-0.2, 0) is 13.1 Å². The highest BCUT2D eigenvalue weighted by atomic mass is 16.6. The maximum atomic E-state index is 10.5. The lowest BCUT2D eigenvalue weighted by molar-refractivity contribution is -0.385. The molecule has 9 heteroatoms. The van der Waals surface area contributed by atoms with Gasteiger partial charge in [0, 0.05) is 6.54 Å². The minimum Gasteiger partial charge on any atom is -0.444 e. The van der Waals surface area contributed by atoms with Crippen molar-refractivity contribution < 1.29 is 14.4 Å². The average Bonchev–Trinajstić information content (AvgIpc) is 2.98. The Balaban J connectivity index is 1.76. The standard InChI is InChI=1S/C12H17N5O4/c1-8-9(2)21-12(15-8)5-13-4-11(18)7-16-6-10(3-14-16)17(19)20/h3,6,11,13,18H,4-5,7H2,1-2H3. The molecule has 1 atom stereocenters. The summed E-state index contributed by atoms with van der Waals surface area (Å²) >= 11 is 0. The first-order chi connectivity index (χ1) is 9.95. The van der Waals surface area contributed by atoms with Crippen molar-refractivity contribution in [1.29, 1.82) is 0 Å². The van der Waals surface area contributed by atoms with Crippen LogP contribution in [0.15, 0.2) is 16.8 Å². The van der Waals surface area contributed by atoms with E-state index in [2.05, 4.69) is 15.4 Å². The first-order valence-corrected chi connectivity index (χ1v) is 6.44. The van der Waals surface area contributed by atoms with Gasteiger partial charge in [0.25, 0.3) is 0 Å². The quantitative estimate of drug-likeness (QED) is 0.565. The maximum absolute atomic E-state index is 10.5. The van der Waals surface area contributed by atoms with Gasteiger partial charge in [0.05, 0.1) is 29.8 Å². The zero-order valence-electron chi connectivity index (χ0n) is 11.8. The van der Waals surface area contributed by atoms with Crippen LogP contribution in [0.5, 0.6) is 0 Å². The van der Waals surface area contributed by atoms with Crippen LogP contribution >= 0.6 is 0 Å². The molecular weight excluding hydrogens is 278 g/mol. The molecule has 21 heavy (non-hydrogen) atoms. The molecule has 0 aromatic carbocycles. The van der Waals surface area contributed by atoms with E-state index >= 15 is 0 Å². The van der Waals surface area contributed by atoms with Gasteiger partial charge in [-0.2, -0.15) is 5.10 Å². The summed E-state index contributed by atoms with van der Waals surface area (Å²) < 4.78 is 6.73. The van der Waals surface area contributed by atoms with Crippen LogP contribution in [0, 0.1) is 24.0 Å². The first-order valence-electron chi connectivity index (χ1n) is 6.44. The fraction of sp³-hybridized carbons (Fsp3) is 0.500. The number of hydrogen-bond donors (Lipinski definition) is 2. The Bertz CT molecular complexity index is 601. The number of rotatable bonds is 7. The number of aromatic nitrogens is 3. The fourth-order valence-corrected chi connectivity index (χ4v) is 1.79. The molecule has 2 aromatic rings. The highest BCUT2D eigenvalue weighted by molar-refractivity contribution is 5.20. The molecular formula is C12H17N5O4. The smallest absolute Gasteiger partial charge is 0.306 e. The van der Waals surface area contributed by atoms with Crippen molar-refractivity contribution >= 4 is 5.69 Å². The number of oxazole rings is 1. The van der Waals surface area contributed by atoms with Gasteiger partial charge >= 0.3 is 5.69 Å². The number of aryl methyl sites for hydroxylation is 2. The third-order valence-electron chi connectivity index (χ3n) is 2.96. The third-order valence-corrected chi connectivity index (χ3v) is 2.96. The van der Waals surface area contributed by atoms with Crippen molar-refractivity contribution in [2.24, 2.45) is 0 Å². The summed E-state index contributed by atoms with van der Waals surface area (Å²) in [5.41, 5.74) is 0.747. The van der Waals surface area contributed by atoms with Crippen molar-refractivity contribution in [1.82, 2.24) is 20.1 Å². The molecule has 2 N–H and O–H groups in total. The lowest BCUT2D eigenvalue weighted by atomic mass is 10.3. The largest absolute Gasteiger partial charge is 0.444 e. The van der Waals surface area contributed by atoms with Gasteiger partial charge in [0.15, 0.2) is 0 Å². The topological polar surface area (TPSA) is 119 Å². The normalized spacial score (nSPS) is 12.5. The Labute approximate surface area is 120 Å². The van der Waals surface area contributed by atoms with E-state index in [1.54, 1.807) is 0 Å². The second-order valence-electron chi connectivity index (χ2n) is 4.71. The molecule has 0 aliphatic heterocycles. The molecule has 2 heterocycles. The molecule has 0 fully saturated rings. The summed E-state index contributed by atoms with van der Waals surface area (Å²) in [6, 6.07) is 0. The molecule has 0 bridgehead atoms. The molecule has 114 valence electrons. The Morgan fingerprint density at radius 2 is 2.33 bits per heavy atom. The number of hydrogen-bond acceptors (Lipinski definition) is 7. The number of nitrogens with zero attached hydrogens (tertiary/aromatic N) is 4. The van der Waals surface area contributed by atoms with E-state index in [1.807, 2.05) is 13.8 Å². The molecule has 0 saturated carbocycles. The van der Waals surface area contributed by atoms with E-state index in [4.69, 9.17) is 4.42 Å². The van der Waals surface area contributed by atoms with Crippen molar-refractivity contribution in [3.8, 4) is 0 Å². The lowest BCUT2D eigenvalue weighted by Crippen LogP contribution is -2.30. The van der Waals surface area contributed by atoms with Gasteiger partial charge in [-0.05, 0) is 13.8 Å². The van der Waals surface area contributed by atoms with Gasteiger partial charge < -0.3 is 14.8 Å². The number of aliphatic hydroxyl groups excluding tert-OH is 1. The van der Waals surface area contributed by atoms with Crippen LogP contribution in [0.25, 0.3) is 0 Å². The molecule has 0 aliphatic rings. The minimum atomic E-state index is -0.721. The van der Waals surface area contributed by atoms with Crippen LogP contribution in [0.3, 0.4) is 0 Å². The van der Waals surface area contributed by atoms with E-state index in [0.29, 0.717) is 19.0 Å². The van der Waals surface area contributed by atoms with Gasteiger partial charge in [0.1, 0.15) is 18.2 Å². The van der Waals surface area contributed by atoms with Crippen LogP contribution in [-0.4, -0.2) is 37.4 Å². The van der Waals surface area contributed by atoms with Crippen molar-refractivity contribution in [3.63, 3.8) is 0 Å². The molecule has 2 aromatic heterocycles.